The van der Waals surface area contributed by atoms with E-state index >= 15 is 0 Å². The first kappa shape index (κ1) is 13.6. The predicted molar refractivity (Wildman–Crippen MR) is 74.8 cm³/mol. The van der Waals surface area contributed by atoms with Gasteiger partial charge in [0.05, 0.1) is 10.6 Å². The van der Waals surface area contributed by atoms with Crippen molar-refractivity contribution >= 4 is 15.7 Å². The molecule has 3 rings (SSSR count). The standard InChI is InChI=1S/C14H18N2O3S/c1-20(18,19)11-6-4-10(5-7-11)12-13(17)16-14(15-12)8-2-3-9-14/h4-7,12,15H,2-3,8-9H2,1H3,(H,16,17)/t12-/m0/s1. The molecule has 6 heteroatoms. The number of benzene rings is 1. The number of amides is 1. The Labute approximate surface area is 118 Å². The summed E-state index contributed by atoms with van der Waals surface area (Å²) in [6, 6.07) is 6.14. The van der Waals surface area contributed by atoms with Crippen molar-refractivity contribution in [2.24, 2.45) is 0 Å². The molecule has 1 atom stereocenters. The van der Waals surface area contributed by atoms with Gasteiger partial charge in [0.25, 0.3) is 0 Å². The molecule has 1 aromatic rings. The van der Waals surface area contributed by atoms with Gasteiger partial charge in [-0.05, 0) is 43.4 Å². The predicted octanol–water partition coefficient (Wildman–Crippen LogP) is 1.12. The van der Waals surface area contributed by atoms with Crippen LogP contribution in [0.15, 0.2) is 29.2 Å². The monoisotopic (exact) mass is 294 g/mol. The van der Waals surface area contributed by atoms with Gasteiger partial charge in [0, 0.05) is 6.26 Å². The molecule has 1 saturated carbocycles. The molecule has 1 aliphatic heterocycles. The highest BCUT2D eigenvalue weighted by Gasteiger charge is 2.45. The maximum atomic E-state index is 12.1. The van der Waals surface area contributed by atoms with Crippen molar-refractivity contribution in [1.29, 1.82) is 0 Å². The first-order valence-corrected chi connectivity index (χ1v) is 8.69. The van der Waals surface area contributed by atoms with E-state index < -0.39 is 9.84 Å². The van der Waals surface area contributed by atoms with Gasteiger partial charge in [0.1, 0.15) is 6.04 Å². The molecule has 0 unspecified atom stereocenters. The molecule has 2 fully saturated rings. The number of rotatable bonds is 2. The first-order chi connectivity index (χ1) is 9.40. The molecule has 20 heavy (non-hydrogen) atoms. The third-order valence-corrected chi connectivity index (χ3v) is 5.27. The van der Waals surface area contributed by atoms with Crippen molar-refractivity contribution in [3.63, 3.8) is 0 Å². The number of sulfone groups is 1. The maximum absolute atomic E-state index is 12.1. The maximum Gasteiger partial charge on any atom is 0.243 e. The number of nitrogens with one attached hydrogen (secondary N) is 2. The molecule has 2 N–H and O–H groups in total. The Bertz CT molecular complexity index is 631. The summed E-state index contributed by atoms with van der Waals surface area (Å²) in [5.41, 5.74) is 0.552. The molecular weight excluding hydrogens is 276 g/mol. The summed E-state index contributed by atoms with van der Waals surface area (Å²) in [5.74, 6) is -0.0287. The van der Waals surface area contributed by atoms with Crippen LogP contribution < -0.4 is 10.6 Å². The molecule has 0 aromatic heterocycles. The number of hydrogen-bond donors (Lipinski definition) is 2. The van der Waals surface area contributed by atoms with E-state index in [1.54, 1.807) is 24.3 Å². The van der Waals surface area contributed by atoms with Crippen LogP contribution in [-0.2, 0) is 14.6 Å². The first-order valence-electron chi connectivity index (χ1n) is 6.79. The van der Waals surface area contributed by atoms with Crippen molar-refractivity contribution in [3.8, 4) is 0 Å². The molecule has 1 spiro atoms. The van der Waals surface area contributed by atoms with Gasteiger partial charge in [0.2, 0.25) is 5.91 Å². The Balaban J connectivity index is 1.85. The smallest absolute Gasteiger partial charge is 0.243 e. The Hall–Kier alpha value is -1.40. The summed E-state index contributed by atoms with van der Waals surface area (Å²) in [7, 11) is -3.20. The van der Waals surface area contributed by atoms with Crippen molar-refractivity contribution < 1.29 is 13.2 Å². The molecule has 0 radical (unpaired) electrons. The fourth-order valence-corrected chi connectivity index (χ4v) is 3.71. The van der Waals surface area contributed by atoms with E-state index in [1.807, 2.05) is 0 Å². The van der Waals surface area contributed by atoms with Crippen LogP contribution in [0.2, 0.25) is 0 Å². The van der Waals surface area contributed by atoms with Crippen LogP contribution in [0.25, 0.3) is 0 Å². The van der Waals surface area contributed by atoms with Gasteiger partial charge in [-0.15, -0.1) is 0 Å². The van der Waals surface area contributed by atoms with Gasteiger partial charge in [-0.3, -0.25) is 10.1 Å². The van der Waals surface area contributed by atoms with Crippen LogP contribution in [-0.4, -0.2) is 26.2 Å². The van der Waals surface area contributed by atoms with E-state index in [9.17, 15) is 13.2 Å². The summed E-state index contributed by atoms with van der Waals surface area (Å²) in [4.78, 5) is 12.4. The van der Waals surface area contributed by atoms with E-state index in [2.05, 4.69) is 10.6 Å². The van der Waals surface area contributed by atoms with E-state index in [0.717, 1.165) is 31.2 Å². The van der Waals surface area contributed by atoms with E-state index in [-0.39, 0.29) is 22.5 Å². The lowest BCUT2D eigenvalue weighted by atomic mass is 10.1. The molecule has 1 amide bonds. The fourth-order valence-electron chi connectivity index (χ4n) is 3.08. The van der Waals surface area contributed by atoms with Gasteiger partial charge in [-0.1, -0.05) is 12.1 Å². The third-order valence-electron chi connectivity index (χ3n) is 4.14. The highest BCUT2D eigenvalue weighted by atomic mass is 32.2. The quantitative estimate of drug-likeness (QED) is 0.857. The van der Waals surface area contributed by atoms with Gasteiger partial charge < -0.3 is 5.32 Å². The largest absolute Gasteiger partial charge is 0.336 e. The normalized spacial score (nSPS) is 25.1. The number of carbonyl (C=O) groups excluding carboxylic acids is 1. The second kappa shape index (κ2) is 4.56. The number of carbonyl (C=O) groups is 1. The van der Waals surface area contributed by atoms with E-state index in [1.165, 1.54) is 6.26 Å². The van der Waals surface area contributed by atoms with Crippen molar-refractivity contribution in [2.75, 3.05) is 6.26 Å². The second-order valence-corrected chi connectivity index (χ2v) is 7.71. The van der Waals surface area contributed by atoms with Crippen molar-refractivity contribution in [3.05, 3.63) is 29.8 Å². The summed E-state index contributed by atoms with van der Waals surface area (Å²) < 4.78 is 22.9. The highest BCUT2D eigenvalue weighted by molar-refractivity contribution is 7.90. The van der Waals surface area contributed by atoms with Crippen LogP contribution in [0.1, 0.15) is 37.3 Å². The van der Waals surface area contributed by atoms with Crippen molar-refractivity contribution in [1.82, 2.24) is 10.6 Å². The average molecular weight is 294 g/mol. The Morgan fingerprint density at radius 2 is 1.75 bits per heavy atom. The average Bonchev–Trinajstić information content (AvgIpc) is 2.96. The van der Waals surface area contributed by atoms with Crippen molar-refractivity contribution in [2.45, 2.75) is 42.3 Å². The zero-order chi connectivity index (χ0) is 14.4. The second-order valence-electron chi connectivity index (χ2n) is 5.70. The lowest BCUT2D eigenvalue weighted by molar-refractivity contribution is -0.121. The molecule has 1 saturated heterocycles. The third kappa shape index (κ3) is 2.33. The minimum Gasteiger partial charge on any atom is -0.336 e. The van der Waals surface area contributed by atoms with Gasteiger partial charge in [-0.2, -0.15) is 0 Å². The van der Waals surface area contributed by atoms with Gasteiger partial charge >= 0.3 is 0 Å². The fraction of sp³-hybridized carbons (Fsp3) is 0.500. The molecule has 1 heterocycles. The Kier molecular flexibility index (Phi) is 3.10. The molecular formula is C14H18N2O3S. The van der Waals surface area contributed by atoms with Crippen LogP contribution in [0.5, 0.6) is 0 Å². The summed E-state index contributed by atoms with van der Waals surface area (Å²) in [6.07, 6.45) is 5.32. The van der Waals surface area contributed by atoms with Gasteiger partial charge in [-0.25, -0.2) is 8.42 Å². The zero-order valence-corrected chi connectivity index (χ0v) is 12.2. The summed E-state index contributed by atoms with van der Waals surface area (Å²) in [5, 5.41) is 6.43. The lowest BCUT2D eigenvalue weighted by Gasteiger charge is -2.23. The molecule has 0 bridgehead atoms. The topological polar surface area (TPSA) is 75.3 Å². The van der Waals surface area contributed by atoms with E-state index in [0.29, 0.717) is 0 Å². The van der Waals surface area contributed by atoms with Gasteiger partial charge in [0.15, 0.2) is 9.84 Å². The zero-order valence-electron chi connectivity index (χ0n) is 11.3. The molecule has 5 nitrogen and oxygen atoms in total. The van der Waals surface area contributed by atoms with Crippen LogP contribution in [0, 0.1) is 0 Å². The minimum absolute atomic E-state index is 0.0287. The molecule has 1 aliphatic carbocycles. The van der Waals surface area contributed by atoms with Crippen LogP contribution >= 0.6 is 0 Å². The summed E-state index contributed by atoms with van der Waals surface area (Å²) >= 11 is 0. The Morgan fingerprint density at radius 3 is 2.30 bits per heavy atom. The SMILES string of the molecule is CS(=O)(=O)c1ccc([C@@H]2NC3(CCCC3)NC2=O)cc1. The van der Waals surface area contributed by atoms with Crippen LogP contribution in [0.3, 0.4) is 0 Å². The molecule has 108 valence electrons. The van der Waals surface area contributed by atoms with E-state index in [4.69, 9.17) is 0 Å². The minimum atomic E-state index is -3.20. The Morgan fingerprint density at radius 1 is 1.15 bits per heavy atom. The van der Waals surface area contributed by atoms with Crippen LogP contribution in [0.4, 0.5) is 0 Å². The molecule has 1 aromatic carbocycles. The highest BCUT2D eigenvalue weighted by Crippen LogP contribution is 2.34. The summed E-state index contributed by atoms with van der Waals surface area (Å²) in [6.45, 7) is 0. The lowest BCUT2D eigenvalue weighted by Crippen LogP contribution is -2.46. The number of hydrogen-bond acceptors (Lipinski definition) is 4. The molecule has 2 aliphatic rings.